The molecule has 1 saturated heterocycles. The van der Waals surface area contributed by atoms with E-state index in [1.165, 1.54) is 12.1 Å². The SMILES string of the molecule is CC(CC(=O)N1CC(CO)OCC1C)c1ccc(F)cc1. The number of rotatable bonds is 4. The maximum atomic E-state index is 12.9. The highest BCUT2D eigenvalue weighted by molar-refractivity contribution is 5.77. The Kier molecular flexibility index (Phi) is 5.31. The van der Waals surface area contributed by atoms with E-state index < -0.39 is 0 Å². The second-order valence-electron chi connectivity index (χ2n) is 5.69. The van der Waals surface area contributed by atoms with E-state index in [0.717, 1.165) is 5.56 Å². The number of ether oxygens (including phenoxy) is 1. The Morgan fingerprint density at radius 1 is 1.48 bits per heavy atom. The third kappa shape index (κ3) is 4.02. The van der Waals surface area contributed by atoms with Crippen LogP contribution in [0.4, 0.5) is 4.39 Å². The van der Waals surface area contributed by atoms with Gasteiger partial charge in [0.15, 0.2) is 0 Å². The lowest BCUT2D eigenvalue weighted by Gasteiger charge is -2.38. The van der Waals surface area contributed by atoms with Crippen molar-refractivity contribution < 1.29 is 19.0 Å². The predicted octanol–water partition coefficient (Wildman–Crippen LogP) is 1.93. The molecule has 116 valence electrons. The van der Waals surface area contributed by atoms with Gasteiger partial charge >= 0.3 is 0 Å². The molecule has 1 aliphatic heterocycles. The number of carbonyl (C=O) groups excluding carboxylic acids is 1. The van der Waals surface area contributed by atoms with Crippen LogP contribution in [0, 0.1) is 5.82 Å². The first kappa shape index (κ1) is 15.9. The molecule has 1 aromatic carbocycles. The number of morpholine rings is 1. The number of aliphatic hydroxyl groups is 1. The summed E-state index contributed by atoms with van der Waals surface area (Å²) in [5, 5.41) is 9.16. The first-order chi connectivity index (χ1) is 10.0. The summed E-state index contributed by atoms with van der Waals surface area (Å²) in [6, 6.07) is 6.27. The van der Waals surface area contributed by atoms with Crippen LogP contribution in [0.25, 0.3) is 0 Å². The van der Waals surface area contributed by atoms with E-state index in [-0.39, 0.29) is 36.4 Å². The Labute approximate surface area is 124 Å². The minimum atomic E-state index is -0.300. The third-order valence-corrected chi connectivity index (χ3v) is 3.95. The Morgan fingerprint density at radius 2 is 2.14 bits per heavy atom. The molecule has 1 fully saturated rings. The van der Waals surface area contributed by atoms with Crippen LogP contribution in [0.3, 0.4) is 0 Å². The molecule has 1 amide bonds. The Hall–Kier alpha value is -1.46. The number of hydrogen-bond donors (Lipinski definition) is 1. The summed E-state index contributed by atoms with van der Waals surface area (Å²) in [7, 11) is 0. The molecule has 21 heavy (non-hydrogen) atoms. The van der Waals surface area contributed by atoms with Gasteiger partial charge in [-0.05, 0) is 30.5 Å². The van der Waals surface area contributed by atoms with Gasteiger partial charge in [-0.2, -0.15) is 0 Å². The minimum Gasteiger partial charge on any atom is -0.394 e. The topological polar surface area (TPSA) is 49.8 Å². The monoisotopic (exact) mass is 295 g/mol. The van der Waals surface area contributed by atoms with E-state index in [0.29, 0.717) is 19.6 Å². The largest absolute Gasteiger partial charge is 0.394 e. The highest BCUT2D eigenvalue weighted by Crippen LogP contribution is 2.22. The lowest BCUT2D eigenvalue weighted by Crippen LogP contribution is -2.52. The van der Waals surface area contributed by atoms with Crippen molar-refractivity contribution in [3.8, 4) is 0 Å². The fourth-order valence-corrected chi connectivity index (χ4v) is 2.56. The number of benzene rings is 1. The van der Waals surface area contributed by atoms with Crippen molar-refractivity contribution >= 4 is 5.91 Å². The van der Waals surface area contributed by atoms with Crippen molar-refractivity contribution in [2.24, 2.45) is 0 Å². The molecule has 5 heteroatoms. The quantitative estimate of drug-likeness (QED) is 0.923. The van der Waals surface area contributed by atoms with Crippen molar-refractivity contribution in [3.63, 3.8) is 0 Å². The number of hydrogen-bond acceptors (Lipinski definition) is 3. The fraction of sp³-hybridized carbons (Fsp3) is 0.562. The molecule has 0 bridgehead atoms. The maximum absolute atomic E-state index is 12.9. The Morgan fingerprint density at radius 3 is 2.76 bits per heavy atom. The smallest absolute Gasteiger partial charge is 0.223 e. The molecule has 0 saturated carbocycles. The van der Waals surface area contributed by atoms with Crippen LogP contribution in [-0.4, -0.2) is 47.8 Å². The average molecular weight is 295 g/mol. The number of amides is 1. The van der Waals surface area contributed by atoms with Crippen molar-refractivity contribution in [1.29, 1.82) is 0 Å². The lowest BCUT2D eigenvalue weighted by molar-refractivity contribution is -0.146. The Bertz CT molecular complexity index is 477. The van der Waals surface area contributed by atoms with Gasteiger partial charge in [0.2, 0.25) is 5.91 Å². The van der Waals surface area contributed by atoms with Crippen molar-refractivity contribution in [2.45, 2.75) is 38.3 Å². The van der Waals surface area contributed by atoms with Crippen LogP contribution >= 0.6 is 0 Å². The second-order valence-corrected chi connectivity index (χ2v) is 5.69. The fourth-order valence-electron chi connectivity index (χ4n) is 2.56. The second kappa shape index (κ2) is 7.00. The molecule has 1 aromatic rings. The summed E-state index contributed by atoms with van der Waals surface area (Å²) >= 11 is 0. The van der Waals surface area contributed by atoms with E-state index in [4.69, 9.17) is 9.84 Å². The summed E-state index contributed by atoms with van der Waals surface area (Å²) in [4.78, 5) is 14.2. The number of nitrogens with zero attached hydrogens (tertiary/aromatic N) is 1. The third-order valence-electron chi connectivity index (χ3n) is 3.95. The summed E-state index contributed by atoms with van der Waals surface area (Å²) in [6.45, 7) is 4.69. The maximum Gasteiger partial charge on any atom is 0.223 e. The van der Waals surface area contributed by atoms with Crippen LogP contribution in [0.15, 0.2) is 24.3 Å². The Balaban J connectivity index is 1.97. The van der Waals surface area contributed by atoms with Gasteiger partial charge in [0.25, 0.3) is 0 Å². The molecule has 3 unspecified atom stereocenters. The van der Waals surface area contributed by atoms with E-state index in [9.17, 15) is 9.18 Å². The van der Waals surface area contributed by atoms with Crippen LogP contribution in [-0.2, 0) is 9.53 Å². The molecule has 0 spiro atoms. The van der Waals surface area contributed by atoms with Gasteiger partial charge in [0.05, 0.1) is 25.4 Å². The molecule has 3 atom stereocenters. The molecular formula is C16H22FNO3. The van der Waals surface area contributed by atoms with Gasteiger partial charge in [0.1, 0.15) is 5.82 Å². The molecule has 4 nitrogen and oxygen atoms in total. The van der Waals surface area contributed by atoms with Gasteiger partial charge < -0.3 is 14.7 Å². The first-order valence-corrected chi connectivity index (χ1v) is 7.28. The highest BCUT2D eigenvalue weighted by atomic mass is 19.1. The average Bonchev–Trinajstić information content (AvgIpc) is 2.48. The van der Waals surface area contributed by atoms with Crippen LogP contribution in [0.5, 0.6) is 0 Å². The van der Waals surface area contributed by atoms with Crippen LogP contribution in [0.2, 0.25) is 0 Å². The number of aliphatic hydroxyl groups excluding tert-OH is 1. The van der Waals surface area contributed by atoms with Gasteiger partial charge in [-0.1, -0.05) is 19.1 Å². The molecule has 1 aliphatic rings. The van der Waals surface area contributed by atoms with E-state index in [2.05, 4.69) is 0 Å². The number of halogens is 1. The van der Waals surface area contributed by atoms with Gasteiger partial charge in [-0.15, -0.1) is 0 Å². The van der Waals surface area contributed by atoms with Gasteiger partial charge in [-0.3, -0.25) is 4.79 Å². The van der Waals surface area contributed by atoms with Crippen LogP contribution < -0.4 is 0 Å². The van der Waals surface area contributed by atoms with Gasteiger partial charge in [0, 0.05) is 13.0 Å². The highest BCUT2D eigenvalue weighted by Gasteiger charge is 2.29. The normalized spacial score (nSPS) is 23.9. The molecule has 2 rings (SSSR count). The van der Waals surface area contributed by atoms with Crippen molar-refractivity contribution in [3.05, 3.63) is 35.6 Å². The van der Waals surface area contributed by atoms with E-state index in [1.807, 2.05) is 13.8 Å². The van der Waals surface area contributed by atoms with Crippen molar-refractivity contribution in [1.82, 2.24) is 4.90 Å². The summed E-state index contributed by atoms with van der Waals surface area (Å²) < 4.78 is 18.4. The summed E-state index contributed by atoms with van der Waals surface area (Å²) in [5.41, 5.74) is 0.948. The molecule has 0 aromatic heterocycles. The van der Waals surface area contributed by atoms with E-state index >= 15 is 0 Å². The van der Waals surface area contributed by atoms with Crippen LogP contribution in [0.1, 0.15) is 31.7 Å². The van der Waals surface area contributed by atoms with Gasteiger partial charge in [-0.25, -0.2) is 4.39 Å². The molecule has 0 radical (unpaired) electrons. The number of carbonyl (C=O) groups is 1. The molecule has 1 N–H and O–H groups in total. The molecule has 0 aliphatic carbocycles. The standard InChI is InChI=1S/C16H22FNO3/c1-11(13-3-5-14(17)6-4-13)7-16(20)18-8-15(9-19)21-10-12(18)2/h3-6,11-12,15,19H,7-10H2,1-2H3. The zero-order chi connectivity index (χ0) is 15.4. The lowest BCUT2D eigenvalue weighted by atomic mass is 9.96. The zero-order valence-corrected chi connectivity index (χ0v) is 12.5. The van der Waals surface area contributed by atoms with Crippen molar-refractivity contribution in [2.75, 3.05) is 19.8 Å². The molecule has 1 heterocycles. The first-order valence-electron chi connectivity index (χ1n) is 7.28. The van der Waals surface area contributed by atoms with E-state index in [1.54, 1.807) is 17.0 Å². The minimum absolute atomic E-state index is 0.0146. The molecular weight excluding hydrogens is 273 g/mol. The summed E-state index contributed by atoms with van der Waals surface area (Å²) in [6.07, 6.45) is 0.0694. The predicted molar refractivity (Wildman–Crippen MR) is 77.4 cm³/mol. The zero-order valence-electron chi connectivity index (χ0n) is 12.5. The summed E-state index contributed by atoms with van der Waals surface area (Å²) in [5.74, 6) is -0.202.